The monoisotopic (exact) mass is 286 g/mol. The van der Waals surface area contributed by atoms with Gasteiger partial charge in [-0.1, -0.05) is 0 Å². The Hall–Kier alpha value is -1.15. The SMILES string of the molecule is COc1ccc(S(=O)(=O)N(C)[C@@H]2CNC[C@H]2O)cc1. The van der Waals surface area contributed by atoms with Crippen LogP contribution in [0.4, 0.5) is 0 Å². The van der Waals surface area contributed by atoms with Gasteiger partial charge in [-0.3, -0.25) is 0 Å². The molecule has 106 valence electrons. The molecule has 2 atom stereocenters. The minimum atomic E-state index is -3.60. The lowest BCUT2D eigenvalue weighted by molar-refractivity contribution is 0.136. The molecule has 0 unspecified atom stereocenters. The largest absolute Gasteiger partial charge is 0.497 e. The van der Waals surface area contributed by atoms with E-state index in [1.54, 1.807) is 12.1 Å². The van der Waals surface area contributed by atoms with Gasteiger partial charge in [-0.05, 0) is 24.3 Å². The van der Waals surface area contributed by atoms with E-state index in [0.29, 0.717) is 18.8 Å². The van der Waals surface area contributed by atoms with Crippen molar-refractivity contribution in [3.63, 3.8) is 0 Å². The molecule has 0 aliphatic carbocycles. The van der Waals surface area contributed by atoms with Gasteiger partial charge in [-0.2, -0.15) is 4.31 Å². The highest BCUT2D eigenvalue weighted by atomic mass is 32.2. The molecule has 0 amide bonds. The van der Waals surface area contributed by atoms with Crippen LogP contribution in [0.3, 0.4) is 0 Å². The highest BCUT2D eigenvalue weighted by molar-refractivity contribution is 7.89. The van der Waals surface area contributed by atoms with Crippen LogP contribution in [-0.4, -0.2) is 57.2 Å². The van der Waals surface area contributed by atoms with Gasteiger partial charge in [0.25, 0.3) is 0 Å². The second-order valence-corrected chi connectivity index (χ2v) is 6.49. The molecular formula is C12H18N2O4S. The Morgan fingerprint density at radius 1 is 1.32 bits per heavy atom. The Labute approximate surface area is 113 Å². The third-order valence-corrected chi connectivity index (χ3v) is 5.25. The fourth-order valence-corrected chi connectivity index (χ4v) is 3.50. The van der Waals surface area contributed by atoms with Gasteiger partial charge in [0, 0.05) is 20.1 Å². The van der Waals surface area contributed by atoms with Crippen molar-refractivity contribution in [1.29, 1.82) is 0 Å². The Kier molecular flexibility index (Phi) is 4.10. The fourth-order valence-electron chi connectivity index (χ4n) is 2.11. The number of ether oxygens (including phenoxy) is 1. The quantitative estimate of drug-likeness (QED) is 0.791. The third kappa shape index (κ3) is 2.74. The first kappa shape index (κ1) is 14.3. The van der Waals surface area contributed by atoms with Gasteiger partial charge >= 0.3 is 0 Å². The van der Waals surface area contributed by atoms with Gasteiger partial charge < -0.3 is 15.2 Å². The number of methoxy groups -OCH3 is 1. The Morgan fingerprint density at radius 3 is 2.42 bits per heavy atom. The van der Waals surface area contributed by atoms with Crippen LogP contribution in [0.15, 0.2) is 29.2 Å². The van der Waals surface area contributed by atoms with Crippen LogP contribution in [0.2, 0.25) is 0 Å². The molecule has 2 rings (SSSR count). The van der Waals surface area contributed by atoms with E-state index in [0.717, 1.165) is 0 Å². The molecule has 1 aliphatic heterocycles. The van der Waals surface area contributed by atoms with Crippen LogP contribution < -0.4 is 10.1 Å². The predicted octanol–water partition coefficient (Wildman–Crippen LogP) is -0.352. The molecule has 1 aromatic rings. The number of rotatable bonds is 4. The van der Waals surface area contributed by atoms with E-state index in [-0.39, 0.29) is 4.90 Å². The number of aliphatic hydroxyl groups excluding tert-OH is 1. The lowest BCUT2D eigenvalue weighted by atomic mass is 10.2. The number of β-amino-alcohol motifs (C(OH)–C–C–N with tert-alkyl or cyclic N) is 1. The Bertz CT molecular complexity index is 529. The van der Waals surface area contributed by atoms with Crippen molar-refractivity contribution in [3.05, 3.63) is 24.3 Å². The van der Waals surface area contributed by atoms with Crippen molar-refractivity contribution in [2.75, 3.05) is 27.2 Å². The topological polar surface area (TPSA) is 78.9 Å². The maximum absolute atomic E-state index is 12.4. The number of hydrogen-bond donors (Lipinski definition) is 2. The zero-order chi connectivity index (χ0) is 14.0. The van der Waals surface area contributed by atoms with Gasteiger partial charge in [0.1, 0.15) is 5.75 Å². The molecule has 0 spiro atoms. The van der Waals surface area contributed by atoms with Crippen molar-refractivity contribution >= 4 is 10.0 Å². The van der Waals surface area contributed by atoms with E-state index in [4.69, 9.17) is 4.74 Å². The van der Waals surface area contributed by atoms with Crippen LogP contribution in [0.25, 0.3) is 0 Å². The highest BCUT2D eigenvalue weighted by Gasteiger charge is 2.35. The zero-order valence-electron chi connectivity index (χ0n) is 10.9. The first-order valence-corrected chi connectivity index (χ1v) is 7.41. The molecular weight excluding hydrogens is 268 g/mol. The van der Waals surface area contributed by atoms with Gasteiger partial charge in [0.15, 0.2) is 0 Å². The summed E-state index contributed by atoms with van der Waals surface area (Å²) in [6.07, 6.45) is -0.682. The number of likely N-dealkylation sites (N-methyl/N-ethyl adjacent to an activating group) is 1. The molecule has 2 N–H and O–H groups in total. The third-order valence-electron chi connectivity index (χ3n) is 3.35. The average molecular weight is 286 g/mol. The van der Waals surface area contributed by atoms with E-state index in [1.807, 2.05) is 0 Å². The molecule has 1 aliphatic rings. The lowest BCUT2D eigenvalue weighted by Gasteiger charge is -2.25. The predicted molar refractivity (Wildman–Crippen MR) is 70.6 cm³/mol. The summed E-state index contributed by atoms with van der Waals surface area (Å²) in [6.45, 7) is 0.861. The van der Waals surface area contributed by atoms with Gasteiger partial charge in [-0.15, -0.1) is 0 Å². The van der Waals surface area contributed by atoms with Crippen LogP contribution in [0, 0.1) is 0 Å². The summed E-state index contributed by atoms with van der Waals surface area (Å²) in [6, 6.07) is 5.76. The normalized spacial score (nSPS) is 23.8. The molecule has 1 saturated heterocycles. The van der Waals surface area contributed by atoms with E-state index >= 15 is 0 Å². The van der Waals surface area contributed by atoms with E-state index in [9.17, 15) is 13.5 Å². The Balaban J connectivity index is 2.25. The summed E-state index contributed by atoms with van der Waals surface area (Å²) in [5.74, 6) is 0.601. The van der Waals surface area contributed by atoms with Crippen molar-refractivity contribution < 1.29 is 18.3 Å². The maximum Gasteiger partial charge on any atom is 0.243 e. The molecule has 0 radical (unpaired) electrons. The van der Waals surface area contributed by atoms with Crippen LogP contribution in [-0.2, 0) is 10.0 Å². The van der Waals surface area contributed by atoms with Crippen LogP contribution in [0.5, 0.6) is 5.75 Å². The van der Waals surface area contributed by atoms with Crippen molar-refractivity contribution in [3.8, 4) is 5.75 Å². The number of nitrogens with zero attached hydrogens (tertiary/aromatic N) is 1. The van der Waals surface area contributed by atoms with Gasteiger partial charge in [-0.25, -0.2) is 8.42 Å². The summed E-state index contributed by atoms with van der Waals surface area (Å²) in [7, 11) is -0.592. The van der Waals surface area contributed by atoms with Crippen molar-refractivity contribution in [2.24, 2.45) is 0 Å². The van der Waals surface area contributed by atoms with Crippen molar-refractivity contribution in [2.45, 2.75) is 17.0 Å². The number of sulfonamides is 1. The molecule has 6 nitrogen and oxygen atoms in total. The Morgan fingerprint density at radius 2 is 1.95 bits per heavy atom. The first-order valence-electron chi connectivity index (χ1n) is 5.97. The van der Waals surface area contributed by atoms with E-state index in [2.05, 4.69) is 5.32 Å². The number of aliphatic hydroxyl groups is 1. The average Bonchev–Trinajstić information content (AvgIpc) is 2.84. The summed E-state index contributed by atoms with van der Waals surface area (Å²) in [5, 5.41) is 12.7. The molecule has 1 aromatic carbocycles. The molecule has 0 saturated carbocycles. The van der Waals surface area contributed by atoms with E-state index in [1.165, 1.54) is 30.6 Å². The molecule has 1 heterocycles. The summed E-state index contributed by atoms with van der Waals surface area (Å²) < 4.78 is 31.0. The standard InChI is InChI=1S/C12H18N2O4S/c1-14(11-7-13-8-12(11)15)19(16,17)10-5-3-9(18-2)4-6-10/h3-6,11-13,15H,7-8H2,1-2H3/t11-,12-/m1/s1. The summed E-state index contributed by atoms with van der Waals surface area (Å²) >= 11 is 0. The molecule has 19 heavy (non-hydrogen) atoms. The minimum Gasteiger partial charge on any atom is -0.497 e. The summed E-state index contributed by atoms with van der Waals surface area (Å²) in [5.41, 5.74) is 0. The highest BCUT2D eigenvalue weighted by Crippen LogP contribution is 2.21. The second-order valence-electron chi connectivity index (χ2n) is 4.49. The molecule has 1 fully saturated rings. The number of nitrogens with one attached hydrogen (secondary N) is 1. The van der Waals surface area contributed by atoms with Gasteiger partial charge in [0.2, 0.25) is 10.0 Å². The van der Waals surface area contributed by atoms with Crippen molar-refractivity contribution in [1.82, 2.24) is 9.62 Å². The van der Waals surface area contributed by atoms with Crippen LogP contribution >= 0.6 is 0 Å². The van der Waals surface area contributed by atoms with E-state index < -0.39 is 22.2 Å². The fraction of sp³-hybridized carbons (Fsp3) is 0.500. The molecule has 0 aromatic heterocycles. The minimum absolute atomic E-state index is 0.190. The van der Waals surface area contributed by atoms with Gasteiger partial charge in [0.05, 0.1) is 24.2 Å². The molecule has 7 heteroatoms. The smallest absolute Gasteiger partial charge is 0.243 e. The second kappa shape index (κ2) is 5.46. The maximum atomic E-state index is 12.4. The lowest BCUT2D eigenvalue weighted by Crippen LogP contribution is -2.44. The van der Waals surface area contributed by atoms with Crippen LogP contribution in [0.1, 0.15) is 0 Å². The zero-order valence-corrected chi connectivity index (χ0v) is 11.7. The number of hydrogen-bond acceptors (Lipinski definition) is 5. The molecule has 0 bridgehead atoms. The summed E-state index contributed by atoms with van der Waals surface area (Å²) in [4.78, 5) is 0.190. The number of benzene rings is 1. The first-order chi connectivity index (χ1) is 8.96.